The first-order valence-electron chi connectivity index (χ1n) is 8.06. The fraction of sp³-hybridized carbons (Fsp3) is 0.647. The van der Waals surface area contributed by atoms with E-state index in [1.807, 2.05) is 12.1 Å². The molecule has 0 unspecified atom stereocenters. The van der Waals surface area contributed by atoms with Crippen LogP contribution in [0.5, 0.6) is 17.2 Å². The van der Waals surface area contributed by atoms with E-state index in [9.17, 15) is 0 Å². The van der Waals surface area contributed by atoms with Gasteiger partial charge in [0.2, 0.25) is 5.75 Å². The van der Waals surface area contributed by atoms with Crippen molar-refractivity contribution in [2.45, 2.75) is 13.0 Å². The lowest BCUT2D eigenvalue weighted by Crippen LogP contribution is -2.46. The van der Waals surface area contributed by atoms with Crippen LogP contribution in [0.4, 0.5) is 0 Å². The first-order chi connectivity index (χ1) is 11.2. The number of piperazine rings is 1. The van der Waals surface area contributed by atoms with Crippen molar-refractivity contribution in [3.63, 3.8) is 0 Å². The van der Waals surface area contributed by atoms with Gasteiger partial charge in [0.05, 0.1) is 21.3 Å². The topological polar surface area (TPSA) is 54.4 Å². The van der Waals surface area contributed by atoms with E-state index in [4.69, 9.17) is 19.3 Å². The molecule has 0 atom stereocenters. The summed E-state index contributed by atoms with van der Waals surface area (Å²) in [6, 6.07) is 4.03. The monoisotopic (exact) mass is 324 g/mol. The quantitative estimate of drug-likeness (QED) is 0.776. The first kappa shape index (κ1) is 17.8. The van der Waals surface area contributed by atoms with Crippen LogP contribution in [-0.2, 0) is 6.54 Å². The third-order valence-corrected chi connectivity index (χ3v) is 4.23. The minimum Gasteiger partial charge on any atom is -0.493 e. The van der Waals surface area contributed by atoms with E-state index in [0.717, 1.165) is 51.3 Å². The smallest absolute Gasteiger partial charge is 0.203 e. The Balaban J connectivity index is 1.98. The van der Waals surface area contributed by atoms with E-state index in [2.05, 4.69) is 9.80 Å². The molecule has 6 heteroatoms. The Hall–Kier alpha value is -1.50. The number of aliphatic hydroxyl groups excluding tert-OH is 1. The summed E-state index contributed by atoms with van der Waals surface area (Å²) in [6.45, 7) is 6.27. The molecule has 130 valence electrons. The predicted molar refractivity (Wildman–Crippen MR) is 89.5 cm³/mol. The maximum atomic E-state index is 8.91. The van der Waals surface area contributed by atoms with Gasteiger partial charge in [-0.05, 0) is 24.1 Å². The SMILES string of the molecule is COc1cc(CN2CCN(CCCO)CC2)cc(OC)c1OC. The Morgan fingerprint density at radius 2 is 1.48 bits per heavy atom. The maximum Gasteiger partial charge on any atom is 0.203 e. The minimum absolute atomic E-state index is 0.269. The molecule has 0 saturated carbocycles. The number of methoxy groups -OCH3 is 3. The zero-order valence-corrected chi connectivity index (χ0v) is 14.4. The van der Waals surface area contributed by atoms with Gasteiger partial charge in [-0.1, -0.05) is 0 Å². The lowest BCUT2D eigenvalue weighted by Gasteiger charge is -2.34. The summed E-state index contributed by atoms with van der Waals surface area (Å²) in [4.78, 5) is 4.83. The maximum absolute atomic E-state index is 8.91. The van der Waals surface area contributed by atoms with E-state index in [0.29, 0.717) is 17.2 Å². The second kappa shape index (κ2) is 8.96. The van der Waals surface area contributed by atoms with Crippen molar-refractivity contribution in [3.05, 3.63) is 17.7 Å². The summed E-state index contributed by atoms with van der Waals surface area (Å²) in [6.07, 6.45) is 0.854. The molecule has 0 aliphatic carbocycles. The molecule has 1 fully saturated rings. The summed E-state index contributed by atoms with van der Waals surface area (Å²) in [5, 5.41) is 8.91. The van der Waals surface area contributed by atoms with Crippen LogP contribution in [0.25, 0.3) is 0 Å². The molecular weight excluding hydrogens is 296 g/mol. The highest BCUT2D eigenvalue weighted by atomic mass is 16.5. The molecule has 0 spiro atoms. The fourth-order valence-corrected chi connectivity index (χ4v) is 2.95. The van der Waals surface area contributed by atoms with Gasteiger partial charge in [0.1, 0.15) is 0 Å². The van der Waals surface area contributed by atoms with Gasteiger partial charge in [-0.2, -0.15) is 0 Å². The molecular formula is C17H28N2O4. The van der Waals surface area contributed by atoms with Gasteiger partial charge >= 0.3 is 0 Å². The molecule has 1 aliphatic heterocycles. The van der Waals surface area contributed by atoms with Gasteiger partial charge < -0.3 is 24.2 Å². The zero-order chi connectivity index (χ0) is 16.7. The van der Waals surface area contributed by atoms with E-state index in [1.54, 1.807) is 21.3 Å². The number of aliphatic hydroxyl groups is 1. The Morgan fingerprint density at radius 1 is 0.913 bits per heavy atom. The molecule has 1 aromatic carbocycles. The van der Waals surface area contributed by atoms with Crippen molar-refractivity contribution in [3.8, 4) is 17.2 Å². The van der Waals surface area contributed by atoms with E-state index in [1.165, 1.54) is 0 Å². The van der Waals surface area contributed by atoms with Gasteiger partial charge in [0.15, 0.2) is 11.5 Å². The largest absolute Gasteiger partial charge is 0.493 e. The molecule has 0 aromatic heterocycles. The second-order valence-corrected chi connectivity index (χ2v) is 5.73. The van der Waals surface area contributed by atoms with Crippen molar-refractivity contribution in [2.24, 2.45) is 0 Å². The first-order valence-corrected chi connectivity index (χ1v) is 8.06. The van der Waals surface area contributed by atoms with Crippen molar-refractivity contribution in [1.82, 2.24) is 9.80 Å². The number of benzene rings is 1. The molecule has 23 heavy (non-hydrogen) atoms. The fourth-order valence-electron chi connectivity index (χ4n) is 2.95. The highest BCUT2D eigenvalue weighted by molar-refractivity contribution is 5.53. The van der Waals surface area contributed by atoms with Crippen LogP contribution in [-0.4, -0.2) is 75.6 Å². The number of nitrogens with zero attached hydrogens (tertiary/aromatic N) is 2. The van der Waals surface area contributed by atoms with Gasteiger partial charge in [-0.25, -0.2) is 0 Å². The molecule has 2 rings (SSSR count). The minimum atomic E-state index is 0.269. The molecule has 0 bridgehead atoms. The van der Waals surface area contributed by atoms with Gasteiger partial charge in [-0.3, -0.25) is 4.90 Å². The van der Waals surface area contributed by atoms with Crippen LogP contribution in [0.1, 0.15) is 12.0 Å². The Labute approximate surface area is 138 Å². The zero-order valence-electron chi connectivity index (χ0n) is 14.4. The van der Waals surface area contributed by atoms with E-state index >= 15 is 0 Å². The second-order valence-electron chi connectivity index (χ2n) is 5.73. The summed E-state index contributed by atoms with van der Waals surface area (Å²) in [7, 11) is 4.90. The van der Waals surface area contributed by atoms with E-state index < -0.39 is 0 Å². The molecule has 1 heterocycles. The normalized spacial score (nSPS) is 16.3. The third kappa shape index (κ3) is 4.73. The molecule has 0 radical (unpaired) electrons. The van der Waals surface area contributed by atoms with Gasteiger partial charge in [0, 0.05) is 45.9 Å². The Morgan fingerprint density at radius 3 is 1.96 bits per heavy atom. The highest BCUT2D eigenvalue weighted by Crippen LogP contribution is 2.38. The predicted octanol–water partition coefficient (Wildman–Crippen LogP) is 1.21. The summed E-state index contributed by atoms with van der Waals surface area (Å²) < 4.78 is 16.2. The molecule has 1 aromatic rings. The van der Waals surface area contributed by atoms with Crippen molar-refractivity contribution < 1.29 is 19.3 Å². The van der Waals surface area contributed by atoms with Crippen LogP contribution in [0.2, 0.25) is 0 Å². The molecule has 1 saturated heterocycles. The number of ether oxygens (including phenoxy) is 3. The summed E-state index contributed by atoms with van der Waals surface area (Å²) in [5.74, 6) is 2.03. The molecule has 1 N–H and O–H groups in total. The van der Waals surface area contributed by atoms with Crippen LogP contribution in [0, 0.1) is 0 Å². The van der Waals surface area contributed by atoms with Crippen LogP contribution < -0.4 is 14.2 Å². The lowest BCUT2D eigenvalue weighted by molar-refractivity contribution is 0.119. The summed E-state index contributed by atoms with van der Waals surface area (Å²) >= 11 is 0. The molecule has 0 amide bonds. The van der Waals surface area contributed by atoms with Crippen molar-refractivity contribution >= 4 is 0 Å². The highest BCUT2D eigenvalue weighted by Gasteiger charge is 2.19. The summed E-state index contributed by atoms with van der Waals surface area (Å²) in [5.41, 5.74) is 1.16. The van der Waals surface area contributed by atoms with Crippen LogP contribution >= 0.6 is 0 Å². The molecule has 6 nitrogen and oxygen atoms in total. The number of hydrogen-bond acceptors (Lipinski definition) is 6. The number of hydrogen-bond donors (Lipinski definition) is 1. The van der Waals surface area contributed by atoms with Crippen molar-refractivity contribution in [2.75, 3.05) is 60.7 Å². The molecule has 1 aliphatic rings. The third-order valence-electron chi connectivity index (χ3n) is 4.23. The average Bonchev–Trinajstić information content (AvgIpc) is 2.60. The Kier molecular flexibility index (Phi) is 6.95. The van der Waals surface area contributed by atoms with Gasteiger partial charge in [0.25, 0.3) is 0 Å². The lowest BCUT2D eigenvalue weighted by atomic mass is 10.1. The standard InChI is InChI=1S/C17H28N2O4/c1-21-15-11-14(12-16(22-2)17(15)23-3)13-19-8-6-18(7-9-19)5-4-10-20/h11-12,20H,4-10,13H2,1-3H3. The average molecular weight is 324 g/mol. The van der Waals surface area contributed by atoms with Crippen LogP contribution in [0.3, 0.4) is 0 Å². The Bertz CT molecular complexity index is 462. The van der Waals surface area contributed by atoms with Crippen molar-refractivity contribution in [1.29, 1.82) is 0 Å². The van der Waals surface area contributed by atoms with Gasteiger partial charge in [-0.15, -0.1) is 0 Å². The van der Waals surface area contributed by atoms with E-state index in [-0.39, 0.29) is 6.61 Å². The number of rotatable bonds is 8. The van der Waals surface area contributed by atoms with Crippen LogP contribution in [0.15, 0.2) is 12.1 Å².